The summed E-state index contributed by atoms with van der Waals surface area (Å²) in [5, 5.41) is 13.7. The van der Waals surface area contributed by atoms with Gasteiger partial charge in [-0.05, 0) is 64.5 Å². The van der Waals surface area contributed by atoms with E-state index in [4.69, 9.17) is 23.2 Å². The van der Waals surface area contributed by atoms with E-state index in [1.54, 1.807) is 11.8 Å². The van der Waals surface area contributed by atoms with Crippen molar-refractivity contribution in [1.82, 2.24) is 15.1 Å². The molecule has 0 spiro atoms. The average molecular weight is 470 g/mol. The van der Waals surface area contributed by atoms with Crippen LogP contribution in [0.25, 0.3) is 10.4 Å². The standard InChI is InChI=1S/C22H29Cl2N3O2S/c1-13(25-22(29)27(4)15-9-11-26(3)12-10-15)16-5-6-17(21(24)20(16)23)19-8-7-18(30-19)14(2)28/h5-8,13-15,28H,9-12H2,1-4H3,(H,25,29). The van der Waals surface area contributed by atoms with Crippen LogP contribution in [-0.2, 0) is 0 Å². The zero-order chi connectivity index (χ0) is 22.0. The molecular weight excluding hydrogens is 441 g/mol. The smallest absolute Gasteiger partial charge is 0.317 e. The first-order valence-electron chi connectivity index (χ1n) is 10.2. The number of urea groups is 1. The Morgan fingerprint density at radius 1 is 1.20 bits per heavy atom. The van der Waals surface area contributed by atoms with Crippen LogP contribution in [0.1, 0.15) is 49.3 Å². The number of amides is 2. The van der Waals surface area contributed by atoms with Crippen molar-refractivity contribution < 1.29 is 9.90 Å². The molecule has 30 heavy (non-hydrogen) atoms. The number of hydrogen-bond donors (Lipinski definition) is 2. The summed E-state index contributed by atoms with van der Waals surface area (Å²) >= 11 is 14.7. The van der Waals surface area contributed by atoms with Crippen LogP contribution in [0.3, 0.4) is 0 Å². The highest BCUT2D eigenvalue weighted by atomic mass is 35.5. The molecule has 2 atom stereocenters. The molecule has 2 N–H and O–H groups in total. The molecule has 0 bridgehead atoms. The maximum Gasteiger partial charge on any atom is 0.317 e. The maximum absolute atomic E-state index is 12.8. The van der Waals surface area contributed by atoms with E-state index in [1.165, 1.54) is 11.3 Å². The number of hydrogen-bond acceptors (Lipinski definition) is 4. The van der Waals surface area contributed by atoms with E-state index in [9.17, 15) is 9.90 Å². The number of halogens is 2. The van der Waals surface area contributed by atoms with Crippen LogP contribution in [0.4, 0.5) is 4.79 Å². The minimum Gasteiger partial charge on any atom is -0.388 e. The third-order valence-corrected chi connectivity index (χ3v) is 7.96. The Morgan fingerprint density at radius 2 is 1.87 bits per heavy atom. The van der Waals surface area contributed by atoms with Crippen molar-refractivity contribution in [2.75, 3.05) is 27.2 Å². The van der Waals surface area contributed by atoms with Gasteiger partial charge in [0.1, 0.15) is 0 Å². The Bertz CT molecular complexity index is 895. The number of aliphatic hydroxyl groups excluding tert-OH is 1. The molecule has 2 aromatic rings. The Balaban J connectivity index is 1.72. The topological polar surface area (TPSA) is 55.8 Å². The van der Waals surface area contributed by atoms with Gasteiger partial charge in [-0.15, -0.1) is 11.3 Å². The normalized spacial score (nSPS) is 17.6. The Kier molecular flexibility index (Phi) is 7.69. The molecule has 1 saturated heterocycles. The van der Waals surface area contributed by atoms with E-state index in [1.807, 2.05) is 38.2 Å². The van der Waals surface area contributed by atoms with Gasteiger partial charge in [-0.2, -0.15) is 0 Å². The lowest BCUT2D eigenvalue weighted by Gasteiger charge is -2.35. The number of aliphatic hydroxyl groups is 1. The fourth-order valence-electron chi connectivity index (χ4n) is 3.72. The van der Waals surface area contributed by atoms with Crippen molar-refractivity contribution in [3.8, 4) is 10.4 Å². The van der Waals surface area contributed by atoms with Crippen LogP contribution < -0.4 is 5.32 Å². The summed E-state index contributed by atoms with van der Waals surface area (Å²) in [6.45, 7) is 5.65. The molecule has 2 heterocycles. The highest BCUT2D eigenvalue weighted by Gasteiger charge is 2.26. The lowest BCUT2D eigenvalue weighted by atomic mass is 10.0. The van der Waals surface area contributed by atoms with Crippen molar-refractivity contribution >= 4 is 40.6 Å². The second kappa shape index (κ2) is 9.88. The molecule has 164 valence electrons. The van der Waals surface area contributed by atoms with E-state index in [0.717, 1.165) is 46.8 Å². The SMILES string of the molecule is CC(O)c1ccc(-c2ccc(C(C)NC(=O)N(C)C3CCN(C)CC3)c(Cl)c2Cl)s1. The summed E-state index contributed by atoms with van der Waals surface area (Å²) in [6.07, 6.45) is 1.44. The number of benzene rings is 1. The largest absolute Gasteiger partial charge is 0.388 e. The van der Waals surface area contributed by atoms with Crippen LogP contribution in [0.2, 0.25) is 10.0 Å². The fourth-order valence-corrected chi connectivity index (χ4v) is 5.36. The van der Waals surface area contributed by atoms with Crippen LogP contribution in [0.5, 0.6) is 0 Å². The van der Waals surface area contributed by atoms with Crippen LogP contribution in [-0.4, -0.2) is 54.2 Å². The number of nitrogens with zero attached hydrogens (tertiary/aromatic N) is 2. The minimum absolute atomic E-state index is 0.104. The van der Waals surface area contributed by atoms with Gasteiger partial charge in [-0.25, -0.2) is 4.79 Å². The lowest BCUT2D eigenvalue weighted by molar-refractivity contribution is 0.146. The van der Waals surface area contributed by atoms with Crippen molar-refractivity contribution in [3.63, 3.8) is 0 Å². The van der Waals surface area contributed by atoms with E-state index >= 15 is 0 Å². The highest BCUT2D eigenvalue weighted by Crippen LogP contribution is 2.41. The second-order valence-corrected chi connectivity index (χ2v) is 9.90. The van der Waals surface area contributed by atoms with Gasteiger partial charge in [0, 0.05) is 28.4 Å². The number of carbonyl (C=O) groups is 1. The molecule has 2 unspecified atom stereocenters. The zero-order valence-corrected chi connectivity index (χ0v) is 20.1. The van der Waals surface area contributed by atoms with Gasteiger partial charge in [-0.1, -0.05) is 35.3 Å². The van der Waals surface area contributed by atoms with Gasteiger partial charge < -0.3 is 20.2 Å². The first-order chi connectivity index (χ1) is 14.2. The molecule has 2 amide bonds. The monoisotopic (exact) mass is 469 g/mol. The van der Waals surface area contributed by atoms with E-state index < -0.39 is 6.10 Å². The van der Waals surface area contributed by atoms with E-state index in [0.29, 0.717) is 10.0 Å². The van der Waals surface area contributed by atoms with Crippen molar-refractivity contribution in [2.24, 2.45) is 0 Å². The number of rotatable bonds is 5. The van der Waals surface area contributed by atoms with Crippen LogP contribution in [0, 0.1) is 0 Å². The fraction of sp³-hybridized carbons (Fsp3) is 0.500. The molecule has 1 aromatic carbocycles. The summed E-state index contributed by atoms with van der Waals surface area (Å²) in [5.74, 6) is 0. The van der Waals surface area contributed by atoms with Crippen molar-refractivity contribution in [1.29, 1.82) is 0 Å². The first kappa shape index (κ1) is 23.4. The van der Waals surface area contributed by atoms with Gasteiger partial charge in [0.05, 0.1) is 22.2 Å². The number of carbonyl (C=O) groups excluding carboxylic acids is 1. The van der Waals surface area contributed by atoms with Crippen molar-refractivity contribution in [2.45, 2.75) is 44.9 Å². The van der Waals surface area contributed by atoms with Gasteiger partial charge in [0.2, 0.25) is 0 Å². The summed E-state index contributed by atoms with van der Waals surface area (Å²) < 4.78 is 0. The highest BCUT2D eigenvalue weighted by molar-refractivity contribution is 7.15. The molecule has 0 radical (unpaired) electrons. The van der Waals surface area contributed by atoms with Gasteiger partial charge in [0.15, 0.2) is 0 Å². The Hall–Kier alpha value is -1.31. The van der Waals surface area contributed by atoms with Gasteiger partial charge >= 0.3 is 6.03 Å². The summed E-state index contributed by atoms with van der Waals surface area (Å²) in [4.78, 5) is 18.7. The molecule has 1 aromatic heterocycles. The van der Waals surface area contributed by atoms with Gasteiger partial charge in [-0.3, -0.25) is 0 Å². The van der Waals surface area contributed by atoms with E-state index in [2.05, 4.69) is 17.3 Å². The van der Waals surface area contributed by atoms with Gasteiger partial charge in [0.25, 0.3) is 0 Å². The molecule has 5 nitrogen and oxygen atoms in total. The predicted octanol–water partition coefficient (Wildman–Crippen LogP) is 5.57. The Labute approximate surface area is 192 Å². The molecule has 0 saturated carbocycles. The van der Waals surface area contributed by atoms with E-state index in [-0.39, 0.29) is 18.1 Å². The second-order valence-electron chi connectivity index (χ2n) is 8.02. The maximum atomic E-state index is 12.8. The predicted molar refractivity (Wildman–Crippen MR) is 126 cm³/mol. The van der Waals surface area contributed by atoms with Crippen LogP contribution in [0.15, 0.2) is 24.3 Å². The molecular formula is C22H29Cl2N3O2S. The molecule has 8 heteroatoms. The first-order valence-corrected chi connectivity index (χ1v) is 11.7. The molecule has 1 aliphatic heterocycles. The summed E-state index contributed by atoms with van der Waals surface area (Å²) in [6, 6.07) is 7.53. The summed E-state index contributed by atoms with van der Waals surface area (Å²) in [7, 11) is 3.96. The molecule has 1 fully saturated rings. The lowest BCUT2D eigenvalue weighted by Crippen LogP contribution is -2.48. The minimum atomic E-state index is -0.519. The average Bonchev–Trinajstić information content (AvgIpc) is 3.20. The number of nitrogens with one attached hydrogen (secondary N) is 1. The zero-order valence-electron chi connectivity index (χ0n) is 17.8. The molecule has 1 aliphatic rings. The number of piperidine rings is 1. The third kappa shape index (κ3) is 5.11. The molecule has 0 aliphatic carbocycles. The molecule has 3 rings (SSSR count). The number of thiophene rings is 1. The van der Waals surface area contributed by atoms with Crippen molar-refractivity contribution in [3.05, 3.63) is 44.8 Å². The number of likely N-dealkylation sites (tertiary alicyclic amines) is 1. The van der Waals surface area contributed by atoms with Crippen LogP contribution >= 0.6 is 34.5 Å². The third-order valence-electron chi connectivity index (χ3n) is 5.78. The quantitative estimate of drug-likeness (QED) is 0.601. The Morgan fingerprint density at radius 3 is 2.47 bits per heavy atom. The summed E-state index contributed by atoms with van der Waals surface area (Å²) in [5.41, 5.74) is 1.60.